The molecule has 0 saturated carbocycles. The van der Waals surface area contributed by atoms with Gasteiger partial charge in [-0.15, -0.1) is 0 Å². The Kier molecular flexibility index (Phi) is 4.64. The van der Waals surface area contributed by atoms with Gasteiger partial charge in [-0.1, -0.05) is 6.07 Å². The fourth-order valence-electron chi connectivity index (χ4n) is 2.84. The van der Waals surface area contributed by atoms with E-state index in [1.807, 2.05) is 12.1 Å². The molecule has 0 spiro atoms. The largest absolute Gasteiger partial charge is 0.389 e. The number of hydrogen-bond donors (Lipinski definition) is 1. The fraction of sp³-hybridized carbons (Fsp3) is 0.562. The molecular formula is C16H23N3O. The van der Waals surface area contributed by atoms with Crippen molar-refractivity contribution in [1.29, 1.82) is 5.26 Å². The Morgan fingerprint density at radius 1 is 1.45 bits per heavy atom. The van der Waals surface area contributed by atoms with Crippen molar-refractivity contribution < 1.29 is 5.11 Å². The monoisotopic (exact) mass is 273 g/mol. The lowest BCUT2D eigenvalue weighted by atomic mass is 9.99. The first-order valence-corrected chi connectivity index (χ1v) is 7.16. The van der Waals surface area contributed by atoms with Crippen molar-refractivity contribution in [1.82, 2.24) is 4.90 Å². The fourth-order valence-corrected chi connectivity index (χ4v) is 2.84. The molecule has 2 rings (SSSR count). The molecule has 4 heteroatoms. The number of nitriles is 1. The van der Waals surface area contributed by atoms with Gasteiger partial charge in [0.25, 0.3) is 0 Å². The maximum Gasteiger partial charge on any atom is 0.0992 e. The molecule has 2 atom stereocenters. The van der Waals surface area contributed by atoms with Crippen LogP contribution in [0.15, 0.2) is 18.2 Å². The summed E-state index contributed by atoms with van der Waals surface area (Å²) in [5, 5.41) is 19.0. The van der Waals surface area contributed by atoms with E-state index in [0.717, 1.165) is 30.8 Å². The lowest BCUT2D eigenvalue weighted by Gasteiger charge is -2.38. The minimum atomic E-state index is -0.516. The van der Waals surface area contributed by atoms with Crippen molar-refractivity contribution in [3.63, 3.8) is 0 Å². The highest BCUT2D eigenvalue weighted by molar-refractivity contribution is 5.59. The zero-order valence-corrected chi connectivity index (χ0v) is 12.5. The van der Waals surface area contributed by atoms with Gasteiger partial charge in [0.15, 0.2) is 0 Å². The van der Waals surface area contributed by atoms with E-state index in [2.05, 4.69) is 30.0 Å². The van der Waals surface area contributed by atoms with Crippen molar-refractivity contribution in [2.45, 2.75) is 31.9 Å². The van der Waals surface area contributed by atoms with E-state index < -0.39 is 6.10 Å². The number of nitrogens with zero attached hydrogens (tertiary/aromatic N) is 3. The summed E-state index contributed by atoms with van der Waals surface area (Å²) in [4.78, 5) is 4.55. The van der Waals surface area contributed by atoms with E-state index in [9.17, 15) is 5.11 Å². The van der Waals surface area contributed by atoms with Crippen LogP contribution >= 0.6 is 0 Å². The molecule has 0 aliphatic carbocycles. The Hall–Kier alpha value is -1.57. The maximum absolute atomic E-state index is 9.95. The van der Waals surface area contributed by atoms with Gasteiger partial charge in [0.05, 0.1) is 17.7 Å². The van der Waals surface area contributed by atoms with Gasteiger partial charge in [-0.2, -0.15) is 5.26 Å². The van der Waals surface area contributed by atoms with Crippen LogP contribution in [-0.2, 0) is 0 Å². The van der Waals surface area contributed by atoms with E-state index in [0.29, 0.717) is 11.6 Å². The van der Waals surface area contributed by atoms with Gasteiger partial charge in [-0.3, -0.25) is 0 Å². The predicted molar refractivity (Wildman–Crippen MR) is 80.7 cm³/mol. The Labute approximate surface area is 121 Å². The van der Waals surface area contributed by atoms with Crippen LogP contribution in [0.4, 0.5) is 5.69 Å². The van der Waals surface area contributed by atoms with Gasteiger partial charge in [0, 0.05) is 30.4 Å². The molecule has 1 aromatic carbocycles. The molecule has 1 fully saturated rings. The van der Waals surface area contributed by atoms with Crippen LogP contribution in [0.3, 0.4) is 0 Å². The first-order valence-electron chi connectivity index (χ1n) is 7.16. The standard InChI is InChI=1S/C16H23N3O/c1-12(20)15-7-6-13(10-17)9-16(15)19-8-4-5-14(11-19)18(2)3/h6-7,9,12,14,20H,4-5,8,11H2,1-3H3/t12-,14?/m1/s1. The number of likely N-dealkylation sites (N-methyl/N-ethyl adjacent to an activating group) is 1. The maximum atomic E-state index is 9.95. The average Bonchev–Trinajstić information content (AvgIpc) is 2.46. The highest BCUT2D eigenvalue weighted by Crippen LogP contribution is 2.30. The molecule has 0 bridgehead atoms. The number of benzene rings is 1. The quantitative estimate of drug-likeness (QED) is 0.916. The molecule has 0 aromatic heterocycles. The van der Waals surface area contributed by atoms with E-state index in [1.54, 1.807) is 13.0 Å². The first-order chi connectivity index (χ1) is 9.52. The van der Waals surface area contributed by atoms with Gasteiger partial charge >= 0.3 is 0 Å². The third-order valence-electron chi connectivity index (χ3n) is 4.08. The minimum Gasteiger partial charge on any atom is -0.389 e. The summed E-state index contributed by atoms with van der Waals surface area (Å²) in [5.41, 5.74) is 2.56. The summed E-state index contributed by atoms with van der Waals surface area (Å²) in [5.74, 6) is 0. The number of rotatable bonds is 3. The molecule has 4 nitrogen and oxygen atoms in total. The molecule has 1 unspecified atom stereocenters. The Bertz CT molecular complexity index is 505. The summed E-state index contributed by atoms with van der Waals surface area (Å²) >= 11 is 0. The molecule has 1 saturated heterocycles. The van der Waals surface area contributed by atoms with Crippen LogP contribution in [-0.4, -0.2) is 43.2 Å². The minimum absolute atomic E-state index is 0.516. The van der Waals surface area contributed by atoms with Crippen LogP contribution in [0.5, 0.6) is 0 Å². The van der Waals surface area contributed by atoms with Gasteiger partial charge in [0.2, 0.25) is 0 Å². The van der Waals surface area contributed by atoms with Gasteiger partial charge in [-0.25, -0.2) is 0 Å². The molecule has 0 amide bonds. The number of piperidine rings is 1. The molecule has 1 N–H and O–H groups in total. The third-order valence-corrected chi connectivity index (χ3v) is 4.08. The molecule has 1 aliphatic heterocycles. The van der Waals surface area contributed by atoms with Crippen LogP contribution in [0.2, 0.25) is 0 Å². The lowest BCUT2D eigenvalue weighted by molar-refractivity contribution is 0.199. The predicted octanol–water partition coefficient (Wildman–Crippen LogP) is 2.14. The number of aliphatic hydroxyl groups excluding tert-OH is 1. The highest BCUT2D eigenvalue weighted by atomic mass is 16.3. The zero-order chi connectivity index (χ0) is 14.7. The molecular weight excluding hydrogens is 250 g/mol. The molecule has 108 valence electrons. The normalized spacial score (nSPS) is 20.8. The third kappa shape index (κ3) is 3.12. The molecule has 1 aromatic rings. The Morgan fingerprint density at radius 2 is 2.20 bits per heavy atom. The van der Waals surface area contributed by atoms with Crippen LogP contribution in [0.1, 0.15) is 37.0 Å². The van der Waals surface area contributed by atoms with Crippen molar-refractivity contribution in [2.24, 2.45) is 0 Å². The van der Waals surface area contributed by atoms with Crippen LogP contribution < -0.4 is 4.90 Å². The number of hydrogen-bond acceptors (Lipinski definition) is 4. The van der Waals surface area contributed by atoms with Crippen molar-refractivity contribution in [3.05, 3.63) is 29.3 Å². The van der Waals surface area contributed by atoms with Crippen LogP contribution in [0, 0.1) is 11.3 Å². The van der Waals surface area contributed by atoms with Crippen molar-refractivity contribution in [3.8, 4) is 6.07 Å². The van der Waals surface area contributed by atoms with E-state index in [4.69, 9.17) is 5.26 Å². The number of anilines is 1. The smallest absolute Gasteiger partial charge is 0.0992 e. The SMILES string of the molecule is C[C@@H](O)c1ccc(C#N)cc1N1CCCC(N(C)C)C1. The van der Waals surface area contributed by atoms with E-state index in [-0.39, 0.29) is 0 Å². The summed E-state index contributed by atoms with van der Waals surface area (Å²) in [6.07, 6.45) is 1.82. The summed E-state index contributed by atoms with van der Waals surface area (Å²) in [6.45, 7) is 3.71. The van der Waals surface area contributed by atoms with Crippen molar-refractivity contribution >= 4 is 5.69 Å². The average molecular weight is 273 g/mol. The van der Waals surface area contributed by atoms with Crippen LogP contribution in [0.25, 0.3) is 0 Å². The summed E-state index contributed by atoms with van der Waals surface area (Å²) < 4.78 is 0. The second-order valence-electron chi connectivity index (χ2n) is 5.77. The van der Waals surface area contributed by atoms with Gasteiger partial charge in [0.1, 0.15) is 0 Å². The summed E-state index contributed by atoms with van der Waals surface area (Å²) in [6, 6.07) is 8.26. The topological polar surface area (TPSA) is 50.5 Å². The molecule has 0 radical (unpaired) electrons. The van der Waals surface area contributed by atoms with E-state index >= 15 is 0 Å². The second kappa shape index (κ2) is 6.25. The Morgan fingerprint density at radius 3 is 2.80 bits per heavy atom. The zero-order valence-electron chi connectivity index (χ0n) is 12.5. The Balaban J connectivity index is 2.32. The second-order valence-corrected chi connectivity index (χ2v) is 5.77. The molecule has 1 aliphatic rings. The van der Waals surface area contributed by atoms with Gasteiger partial charge < -0.3 is 14.9 Å². The van der Waals surface area contributed by atoms with Gasteiger partial charge in [-0.05, 0) is 46.0 Å². The number of aliphatic hydroxyl groups is 1. The summed E-state index contributed by atoms with van der Waals surface area (Å²) in [7, 11) is 4.21. The first kappa shape index (κ1) is 14.8. The highest BCUT2D eigenvalue weighted by Gasteiger charge is 2.24. The molecule has 1 heterocycles. The lowest BCUT2D eigenvalue weighted by Crippen LogP contribution is -2.45. The van der Waals surface area contributed by atoms with E-state index in [1.165, 1.54) is 6.42 Å². The van der Waals surface area contributed by atoms with Crippen molar-refractivity contribution in [2.75, 3.05) is 32.1 Å². The molecule has 20 heavy (non-hydrogen) atoms.